The SMILES string of the molecule is O=C(CCc1ccc(S(=O)c2ccccc2OC(F)(F)F)cc1)c1cc2cnccc2[nH]1. The first-order chi connectivity index (χ1) is 15.3. The number of rotatable bonds is 7. The van der Waals surface area contributed by atoms with Crippen LogP contribution in [0, 0.1) is 0 Å². The van der Waals surface area contributed by atoms with Crippen LogP contribution in [0.4, 0.5) is 13.2 Å². The molecule has 0 saturated heterocycles. The number of para-hydroxylation sites is 1. The monoisotopic (exact) mass is 458 g/mol. The van der Waals surface area contributed by atoms with Gasteiger partial charge < -0.3 is 9.72 Å². The highest BCUT2D eigenvalue weighted by Gasteiger charge is 2.32. The number of aromatic amines is 1. The van der Waals surface area contributed by atoms with E-state index in [1.54, 1.807) is 48.8 Å². The van der Waals surface area contributed by atoms with E-state index in [0.29, 0.717) is 17.0 Å². The highest BCUT2D eigenvalue weighted by atomic mass is 32.2. The predicted molar refractivity (Wildman–Crippen MR) is 113 cm³/mol. The van der Waals surface area contributed by atoms with Crippen LogP contribution in [0.3, 0.4) is 0 Å². The van der Waals surface area contributed by atoms with Crippen molar-refractivity contribution in [2.75, 3.05) is 0 Å². The molecular weight excluding hydrogens is 441 g/mol. The number of pyridine rings is 1. The molecule has 0 aliphatic carbocycles. The molecule has 32 heavy (non-hydrogen) atoms. The Hall–Kier alpha value is -3.46. The summed E-state index contributed by atoms with van der Waals surface area (Å²) in [6.07, 6.45) is -0.818. The first-order valence-corrected chi connectivity index (χ1v) is 10.8. The number of nitrogens with zero attached hydrogens (tertiary/aromatic N) is 1. The molecule has 0 amide bonds. The second-order valence-corrected chi connectivity index (χ2v) is 8.43. The van der Waals surface area contributed by atoms with Crippen LogP contribution >= 0.6 is 0 Å². The summed E-state index contributed by atoms with van der Waals surface area (Å²) in [7, 11) is -1.86. The van der Waals surface area contributed by atoms with Gasteiger partial charge in [0.2, 0.25) is 0 Å². The minimum atomic E-state index is -4.88. The van der Waals surface area contributed by atoms with Crippen molar-refractivity contribution in [3.8, 4) is 5.75 Å². The van der Waals surface area contributed by atoms with Crippen molar-refractivity contribution >= 4 is 27.5 Å². The van der Waals surface area contributed by atoms with Gasteiger partial charge in [0.15, 0.2) is 5.78 Å². The maximum Gasteiger partial charge on any atom is 0.573 e. The molecule has 2 aromatic heterocycles. The Kier molecular flexibility index (Phi) is 6.09. The number of hydrogen-bond acceptors (Lipinski definition) is 4. The van der Waals surface area contributed by atoms with Crippen LogP contribution in [0.15, 0.2) is 82.8 Å². The third-order valence-corrected chi connectivity index (χ3v) is 6.21. The highest BCUT2D eigenvalue weighted by molar-refractivity contribution is 7.85. The lowest BCUT2D eigenvalue weighted by Gasteiger charge is -2.13. The lowest BCUT2D eigenvalue weighted by atomic mass is 10.1. The van der Waals surface area contributed by atoms with Crippen molar-refractivity contribution in [2.45, 2.75) is 29.0 Å². The second kappa shape index (κ2) is 8.96. The van der Waals surface area contributed by atoms with E-state index in [1.165, 1.54) is 18.2 Å². The maximum atomic E-state index is 12.8. The number of benzene rings is 2. The lowest BCUT2D eigenvalue weighted by Crippen LogP contribution is -2.18. The highest BCUT2D eigenvalue weighted by Crippen LogP contribution is 2.31. The quantitative estimate of drug-likeness (QED) is 0.374. The molecule has 4 aromatic rings. The molecule has 5 nitrogen and oxygen atoms in total. The van der Waals surface area contributed by atoms with Crippen molar-refractivity contribution < 1.29 is 26.9 Å². The normalized spacial score (nSPS) is 12.6. The Bertz CT molecular complexity index is 1250. The largest absolute Gasteiger partial charge is 0.573 e. The van der Waals surface area contributed by atoms with Crippen molar-refractivity contribution in [2.24, 2.45) is 0 Å². The number of carbonyl (C=O) groups excluding carboxylic acids is 1. The molecule has 2 heterocycles. The number of H-pyrrole nitrogens is 1. The second-order valence-electron chi connectivity index (χ2n) is 6.98. The Balaban J connectivity index is 1.43. The molecule has 1 atom stereocenters. The minimum absolute atomic E-state index is 0.0490. The van der Waals surface area contributed by atoms with Gasteiger partial charge in [-0.25, -0.2) is 4.21 Å². The minimum Gasteiger partial charge on any atom is -0.404 e. The Labute approximate surface area is 183 Å². The van der Waals surface area contributed by atoms with E-state index >= 15 is 0 Å². The van der Waals surface area contributed by atoms with E-state index in [2.05, 4.69) is 14.7 Å². The molecule has 1 unspecified atom stereocenters. The fourth-order valence-electron chi connectivity index (χ4n) is 3.23. The maximum absolute atomic E-state index is 12.8. The summed E-state index contributed by atoms with van der Waals surface area (Å²) in [6.45, 7) is 0. The van der Waals surface area contributed by atoms with Gasteiger partial charge in [0.1, 0.15) is 5.75 Å². The topological polar surface area (TPSA) is 72.1 Å². The van der Waals surface area contributed by atoms with Crippen molar-refractivity contribution in [3.05, 3.63) is 84.3 Å². The van der Waals surface area contributed by atoms with Crippen LogP contribution in [-0.2, 0) is 17.2 Å². The molecule has 0 aliphatic heterocycles. The van der Waals surface area contributed by atoms with Gasteiger partial charge in [0, 0.05) is 34.6 Å². The van der Waals surface area contributed by atoms with E-state index in [9.17, 15) is 22.2 Å². The Morgan fingerprint density at radius 2 is 1.81 bits per heavy atom. The number of fused-ring (bicyclic) bond motifs is 1. The van der Waals surface area contributed by atoms with Crippen LogP contribution in [-0.4, -0.2) is 26.3 Å². The standard InChI is InChI=1S/C23H17F3N2O3S/c24-23(25,26)31-21-3-1-2-4-22(21)32(30)17-8-5-15(6-9-17)7-10-20(29)19-13-16-14-27-12-11-18(16)28-19/h1-6,8-9,11-14,28H,7,10H2. The molecule has 0 aliphatic rings. The smallest absolute Gasteiger partial charge is 0.404 e. The molecule has 0 saturated carbocycles. The van der Waals surface area contributed by atoms with E-state index in [-0.39, 0.29) is 17.1 Å². The number of nitrogens with one attached hydrogen (secondary N) is 1. The molecule has 9 heteroatoms. The average molecular weight is 458 g/mol. The zero-order valence-corrected chi connectivity index (χ0v) is 17.4. The summed E-state index contributed by atoms with van der Waals surface area (Å²) < 4.78 is 54.6. The van der Waals surface area contributed by atoms with E-state index in [4.69, 9.17) is 0 Å². The lowest BCUT2D eigenvalue weighted by molar-refractivity contribution is -0.275. The first kappa shape index (κ1) is 21.8. The average Bonchev–Trinajstić information content (AvgIpc) is 3.21. The molecule has 0 bridgehead atoms. The van der Waals surface area contributed by atoms with Gasteiger partial charge in [0.05, 0.1) is 21.4 Å². The number of alkyl halides is 3. The molecule has 4 rings (SSSR count). The van der Waals surface area contributed by atoms with Crippen molar-refractivity contribution in [1.29, 1.82) is 0 Å². The number of aromatic nitrogens is 2. The molecular formula is C23H17F3N2O3S. The molecule has 0 fully saturated rings. The number of Topliss-reactive ketones (excluding diaryl/α,β-unsaturated/α-hetero) is 1. The first-order valence-electron chi connectivity index (χ1n) is 9.61. The fourth-order valence-corrected chi connectivity index (χ4v) is 4.37. The zero-order chi connectivity index (χ0) is 22.7. The Morgan fingerprint density at radius 1 is 1.06 bits per heavy atom. The van der Waals surface area contributed by atoms with Gasteiger partial charge in [-0.05, 0) is 48.4 Å². The van der Waals surface area contributed by atoms with Crippen molar-refractivity contribution in [3.63, 3.8) is 0 Å². The van der Waals surface area contributed by atoms with Crippen LogP contribution in [0.1, 0.15) is 22.5 Å². The molecule has 2 aromatic carbocycles. The number of ether oxygens (including phenoxy) is 1. The van der Waals surface area contributed by atoms with Crippen LogP contribution in [0.5, 0.6) is 5.75 Å². The third kappa shape index (κ3) is 5.05. The van der Waals surface area contributed by atoms with Crippen LogP contribution in [0.25, 0.3) is 10.9 Å². The summed E-state index contributed by atoms with van der Waals surface area (Å²) in [4.78, 5) is 19.9. The number of aryl methyl sites for hydroxylation is 1. The van der Waals surface area contributed by atoms with Gasteiger partial charge in [-0.15, -0.1) is 13.2 Å². The molecule has 0 radical (unpaired) electrons. The Morgan fingerprint density at radius 3 is 2.53 bits per heavy atom. The van der Waals surface area contributed by atoms with Gasteiger partial charge in [-0.3, -0.25) is 9.78 Å². The van der Waals surface area contributed by atoms with E-state index in [1.807, 2.05) is 0 Å². The van der Waals surface area contributed by atoms with E-state index < -0.39 is 22.9 Å². The zero-order valence-electron chi connectivity index (χ0n) is 16.6. The van der Waals surface area contributed by atoms with Gasteiger partial charge >= 0.3 is 6.36 Å². The number of ketones is 1. The fraction of sp³-hybridized carbons (Fsp3) is 0.130. The van der Waals surface area contributed by atoms with E-state index in [0.717, 1.165) is 22.5 Å². The number of carbonyl (C=O) groups is 1. The predicted octanol–water partition coefficient (Wildman–Crippen LogP) is 5.44. The van der Waals surface area contributed by atoms with Crippen LogP contribution in [0.2, 0.25) is 0 Å². The molecule has 164 valence electrons. The summed E-state index contributed by atoms with van der Waals surface area (Å²) in [6, 6.07) is 15.5. The number of hydrogen-bond donors (Lipinski definition) is 1. The third-order valence-electron chi connectivity index (χ3n) is 4.77. The van der Waals surface area contributed by atoms with Gasteiger partial charge in [-0.2, -0.15) is 0 Å². The number of halogens is 3. The van der Waals surface area contributed by atoms with Crippen LogP contribution < -0.4 is 4.74 Å². The van der Waals surface area contributed by atoms with Gasteiger partial charge in [-0.1, -0.05) is 24.3 Å². The molecule has 1 N–H and O–H groups in total. The van der Waals surface area contributed by atoms with Crippen molar-refractivity contribution in [1.82, 2.24) is 9.97 Å². The summed E-state index contributed by atoms with van der Waals surface area (Å²) in [5.41, 5.74) is 2.19. The summed E-state index contributed by atoms with van der Waals surface area (Å²) in [5.74, 6) is -0.548. The summed E-state index contributed by atoms with van der Waals surface area (Å²) >= 11 is 0. The summed E-state index contributed by atoms with van der Waals surface area (Å²) in [5, 5.41) is 0.859. The molecule has 0 spiro atoms. The van der Waals surface area contributed by atoms with Gasteiger partial charge in [0.25, 0.3) is 0 Å².